The number of nitrogens with one attached hydrogen (secondary N) is 1. The maximum Gasteiger partial charge on any atom is 0.356 e. The van der Waals surface area contributed by atoms with Gasteiger partial charge in [0.15, 0.2) is 5.69 Å². The third-order valence-corrected chi connectivity index (χ3v) is 3.24. The van der Waals surface area contributed by atoms with Crippen LogP contribution < -0.4 is 5.32 Å². The van der Waals surface area contributed by atoms with Crippen molar-refractivity contribution >= 4 is 11.8 Å². The summed E-state index contributed by atoms with van der Waals surface area (Å²) in [6.07, 6.45) is 0.661. The molecular formula is C13H12FN3O2. The fraction of sp³-hybridized carbons (Fsp3) is 0.231. The number of nitrogens with zero attached hydrogens (tertiary/aromatic N) is 2. The van der Waals surface area contributed by atoms with Crippen LogP contribution in [0.4, 0.5) is 10.2 Å². The van der Waals surface area contributed by atoms with Crippen LogP contribution in [0.25, 0.3) is 0 Å². The summed E-state index contributed by atoms with van der Waals surface area (Å²) in [6, 6.07) is 7.70. The van der Waals surface area contributed by atoms with Gasteiger partial charge in [-0.05, 0) is 12.5 Å². The van der Waals surface area contributed by atoms with Crippen molar-refractivity contribution in [2.75, 3.05) is 11.9 Å². The molecule has 2 N–H and O–H groups in total. The van der Waals surface area contributed by atoms with Crippen LogP contribution in [-0.4, -0.2) is 27.4 Å². The Kier molecular flexibility index (Phi) is 2.70. The SMILES string of the molecule is O=C(O)c1cc2n(n1)C(c1ccccc1F)CCN2. The second kappa shape index (κ2) is 4.38. The van der Waals surface area contributed by atoms with E-state index in [1.165, 1.54) is 12.1 Å². The Morgan fingerprint density at radius 1 is 1.47 bits per heavy atom. The van der Waals surface area contributed by atoms with E-state index in [-0.39, 0.29) is 17.6 Å². The maximum atomic E-state index is 13.9. The standard InChI is InChI=1S/C13H12FN3O2/c14-9-4-2-1-3-8(9)11-5-6-15-12-7-10(13(18)19)16-17(11)12/h1-4,7,11,15H,5-6H2,(H,18,19). The van der Waals surface area contributed by atoms with Gasteiger partial charge in [-0.3, -0.25) is 0 Å². The number of carbonyl (C=O) groups is 1. The molecule has 0 bridgehead atoms. The van der Waals surface area contributed by atoms with Crippen molar-refractivity contribution in [3.63, 3.8) is 0 Å². The average molecular weight is 261 g/mol. The van der Waals surface area contributed by atoms with E-state index in [1.54, 1.807) is 22.9 Å². The van der Waals surface area contributed by atoms with Gasteiger partial charge in [-0.2, -0.15) is 5.10 Å². The van der Waals surface area contributed by atoms with Crippen LogP contribution in [0.15, 0.2) is 30.3 Å². The number of aromatic carboxylic acids is 1. The van der Waals surface area contributed by atoms with Crippen LogP contribution in [0.5, 0.6) is 0 Å². The van der Waals surface area contributed by atoms with E-state index in [0.29, 0.717) is 24.3 Å². The minimum absolute atomic E-state index is 0.0364. The number of rotatable bonds is 2. The lowest BCUT2D eigenvalue weighted by molar-refractivity contribution is 0.0689. The van der Waals surface area contributed by atoms with Crippen LogP contribution in [0.3, 0.4) is 0 Å². The molecule has 1 aromatic carbocycles. The summed E-state index contributed by atoms with van der Waals surface area (Å²) < 4.78 is 15.4. The quantitative estimate of drug-likeness (QED) is 0.869. The number of fused-ring (bicyclic) bond motifs is 1. The summed E-state index contributed by atoms with van der Waals surface area (Å²) in [5.41, 5.74) is 0.496. The summed E-state index contributed by atoms with van der Waals surface area (Å²) >= 11 is 0. The van der Waals surface area contributed by atoms with Crippen molar-refractivity contribution in [3.05, 3.63) is 47.4 Å². The average Bonchev–Trinajstić information content (AvgIpc) is 2.83. The number of carboxylic acids is 1. The highest BCUT2D eigenvalue weighted by Crippen LogP contribution is 2.31. The molecule has 1 aliphatic rings. The summed E-state index contributed by atoms with van der Waals surface area (Å²) in [5, 5.41) is 16.1. The first kappa shape index (κ1) is 11.7. The van der Waals surface area contributed by atoms with Gasteiger partial charge in [-0.25, -0.2) is 13.9 Å². The summed E-state index contributed by atoms with van der Waals surface area (Å²) in [4.78, 5) is 11.0. The number of halogens is 1. The third-order valence-electron chi connectivity index (χ3n) is 3.24. The first-order valence-corrected chi connectivity index (χ1v) is 5.98. The molecule has 98 valence electrons. The lowest BCUT2D eigenvalue weighted by Gasteiger charge is -2.26. The first-order valence-electron chi connectivity index (χ1n) is 5.98. The van der Waals surface area contributed by atoms with Gasteiger partial charge in [0, 0.05) is 18.2 Å². The monoisotopic (exact) mass is 261 g/mol. The molecule has 1 aromatic heterocycles. The zero-order chi connectivity index (χ0) is 13.4. The molecule has 0 fully saturated rings. The van der Waals surface area contributed by atoms with Gasteiger partial charge in [-0.1, -0.05) is 18.2 Å². The Bertz CT molecular complexity index is 639. The van der Waals surface area contributed by atoms with Crippen LogP contribution >= 0.6 is 0 Å². The Hall–Kier alpha value is -2.37. The van der Waals surface area contributed by atoms with Crippen LogP contribution in [0.1, 0.15) is 28.5 Å². The van der Waals surface area contributed by atoms with Gasteiger partial charge in [0.25, 0.3) is 0 Å². The van der Waals surface area contributed by atoms with Gasteiger partial charge >= 0.3 is 5.97 Å². The lowest BCUT2D eigenvalue weighted by atomic mass is 10.0. The van der Waals surface area contributed by atoms with E-state index in [9.17, 15) is 9.18 Å². The van der Waals surface area contributed by atoms with E-state index >= 15 is 0 Å². The zero-order valence-corrected chi connectivity index (χ0v) is 10.0. The number of hydrogen-bond acceptors (Lipinski definition) is 3. The smallest absolute Gasteiger partial charge is 0.356 e. The highest BCUT2D eigenvalue weighted by atomic mass is 19.1. The maximum absolute atomic E-state index is 13.9. The largest absolute Gasteiger partial charge is 0.476 e. The number of benzene rings is 1. The Morgan fingerprint density at radius 2 is 2.26 bits per heavy atom. The molecule has 1 atom stereocenters. The second-order valence-corrected chi connectivity index (χ2v) is 4.42. The van der Waals surface area contributed by atoms with E-state index in [0.717, 1.165) is 0 Å². The van der Waals surface area contributed by atoms with Gasteiger partial charge in [0.2, 0.25) is 0 Å². The molecule has 6 heteroatoms. The molecule has 1 unspecified atom stereocenters. The normalized spacial score (nSPS) is 17.6. The third kappa shape index (κ3) is 1.95. The predicted octanol–water partition coefficient (Wildman–Crippen LogP) is 2.13. The number of hydrogen-bond donors (Lipinski definition) is 2. The molecule has 0 saturated carbocycles. The van der Waals surface area contributed by atoms with Gasteiger partial charge in [0.05, 0.1) is 6.04 Å². The highest BCUT2D eigenvalue weighted by molar-refractivity contribution is 5.86. The molecule has 5 nitrogen and oxygen atoms in total. The molecule has 0 spiro atoms. The van der Waals surface area contributed by atoms with E-state index in [4.69, 9.17) is 5.11 Å². The van der Waals surface area contributed by atoms with Crippen LogP contribution in [-0.2, 0) is 0 Å². The summed E-state index contributed by atoms with van der Waals surface area (Å²) in [5.74, 6) is -0.777. The minimum atomic E-state index is -1.09. The molecule has 0 aliphatic carbocycles. The number of carboxylic acid groups (broad SMARTS) is 1. The summed E-state index contributed by atoms with van der Waals surface area (Å²) in [6.45, 7) is 0.657. The van der Waals surface area contributed by atoms with Crippen LogP contribution in [0.2, 0.25) is 0 Å². The highest BCUT2D eigenvalue weighted by Gasteiger charge is 2.26. The van der Waals surface area contributed by atoms with Crippen molar-refractivity contribution in [2.45, 2.75) is 12.5 Å². The Labute approximate surface area is 108 Å². The number of anilines is 1. The van der Waals surface area contributed by atoms with E-state index in [2.05, 4.69) is 10.4 Å². The Morgan fingerprint density at radius 3 is 3.00 bits per heavy atom. The molecule has 1 aliphatic heterocycles. The van der Waals surface area contributed by atoms with E-state index in [1.807, 2.05) is 0 Å². The van der Waals surface area contributed by atoms with Crippen LogP contribution in [0, 0.1) is 5.82 Å². The second-order valence-electron chi connectivity index (χ2n) is 4.42. The topological polar surface area (TPSA) is 67.1 Å². The Balaban J connectivity index is 2.07. The van der Waals surface area contributed by atoms with Crippen molar-refractivity contribution in [2.24, 2.45) is 0 Å². The fourth-order valence-electron chi connectivity index (χ4n) is 2.36. The number of aromatic nitrogens is 2. The van der Waals surface area contributed by atoms with Gasteiger partial charge in [0.1, 0.15) is 11.6 Å². The zero-order valence-electron chi connectivity index (χ0n) is 10.0. The van der Waals surface area contributed by atoms with Crippen molar-refractivity contribution in [3.8, 4) is 0 Å². The molecule has 19 heavy (non-hydrogen) atoms. The van der Waals surface area contributed by atoms with Crippen molar-refractivity contribution in [1.29, 1.82) is 0 Å². The molecular weight excluding hydrogens is 249 g/mol. The minimum Gasteiger partial charge on any atom is -0.476 e. The molecule has 0 radical (unpaired) electrons. The molecule has 0 amide bonds. The predicted molar refractivity (Wildman–Crippen MR) is 66.8 cm³/mol. The fourth-order valence-corrected chi connectivity index (χ4v) is 2.36. The van der Waals surface area contributed by atoms with E-state index < -0.39 is 5.97 Å². The molecule has 0 saturated heterocycles. The lowest BCUT2D eigenvalue weighted by Crippen LogP contribution is -2.25. The molecule has 2 aromatic rings. The molecule has 3 rings (SSSR count). The first-order chi connectivity index (χ1) is 9.16. The summed E-state index contributed by atoms with van der Waals surface area (Å²) in [7, 11) is 0. The van der Waals surface area contributed by atoms with Crippen molar-refractivity contribution in [1.82, 2.24) is 9.78 Å². The van der Waals surface area contributed by atoms with Crippen molar-refractivity contribution < 1.29 is 14.3 Å². The van der Waals surface area contributed by atoms with Gasteiger partial charge < -0.3 is 10.4 Å². The molecule has 2 heterocycles. The van der Waals surface area contributed by atoms with Gasteiger partial charge in [-0.15, -0.1) is 0 Å².